The average Bonchev–Trinajstić information content (AvgIpc) is 2.80. The SMILES string of the molecule is Cc1n[nH]c(C)c1S(=O)(=O)Nc1sc(C)c(C)c1C#N. The molecule has 8 heteroatoms. The van der Waals surface area contributed by atoms with Crippen LogP contribution in [0.3, 0.4) is 0 Å². The molecular formula is C12H14N4O2S2. The Balaban J connectivity index is 2.50. The topological polar surface area (TPSA) is 98.6 Å². The van der Waals surface area contributed by atoms with Crippen molar-refractivity contribution in [2.45, 2.75) is 32.6 Å². The zero-order valence-electron chi connectivity index (χ0n) is 11.5. The Morgan fingerprint density at radius 1 is 1.30 bits per heavy atom. The van der Waals surface area contributed by atoms with E-state index >= 15 is 0 Å². The molecule has 0 unspecified atom stereocenters. The van der Waals surface area contributed by atoms with E-state index in [0.29, 0.717) is 22.0 Å². The number of thiophene rings is 1. The quantitative estimate of drug-likeness (QED) is 0.909. The molecule has 20 heavy (non-hydrogen) atoms. The van der Waals surface area contributed by atoms with Crippen LogP contribution in [0.25, 0.3) is 0 Å². The lowest BCUT2D eigenvalue weighted by Crippen LogP contribution is -2.14. The van der Waals surface area contributed by atoms with Crippen molar-refractivity contribution in [3.8, 4) is 6.07 Å². The molecule has 2 aromatic rings. The first-order valence-electron chi connectivity index (χ1n) is 5.82. The summed E-state index contributed by atoms with van der Waals surface area (Å²) in [5.74, 6) is 0. The van der Waals surface area contributed by atoms with Gasteiger partial charge < -0.3 is 0 Å². The second kappa shape index (κ2) is 4.92. The largest absolute Gasteiger partial charge is 0.281 e. The second-order valence-electron chi connectivity index (χ2n) is 4.47. The van der Waals surface area contributed by atoms with Crippen molar-refractivity contribution in [3.63, 3.8) is 0 Å². The highest BCUT2D eigenvalue weighted by Crippen LogP contribution is 2.33. The van der Waals surface area contributed by atoms with Gasteiger partial charge in [0, 0.05) is 4.88 Å². The highest BCUT2D eigenvalue weighted by Gasteiger charge is 2.25. The zero-order chi connectivity index (χ0) is 15.1. The number of aromatic amines is 1. The summed E-state index contributed by atoms with van der Waals surface area (Å²) in [4.78, 5) is 1.05. The van der Waals surface area contributed by atoms with Crippen LogP contribution in [0.15, 0.2) is 4.90 Å². The van der Waals surface area contributed by atoms with E-state index in [1.165, 1.54) is 11.3 Å². The molecule has 106 valence electrons. The molecule has 0 atom stereocenters. The molecule has 6 nitrogen and oxygen atoms in total. The summed E-state index contributed by atoms with van der Waals surface area (Å²) in [5.41, 5.74) is 2.04. The lowest BCUT2D eigenvalue weighted by Gasteiger charge is -2.06. The van der Waals surface area contributed by atoms with E-state index in [4.69, 9.17) is 5.26 Å². The van der Waals surface area contributed by atoms with E-state index < -0.39 is 10.0 Å². The predicted octanol–water partition coefficient (Wildman–Crippen LogP) is 2.38. The summed E-state index contributed by atoms with van der Waals surface area (Å²) in [6.45, 7) is 6.92. The molecule has 0 aromatic carbocycles. The molecule has 0 saturated heterocycles. The standard InChI is InChI=1S/C12H14N4O2S2/c1-6-9(4)19-12(10(6)5-13)16-20(17,18)11-7(2)14-15-8(11)3/h16H,1-4H3,(H,14,15). The number of nitriles is 1. The maximum atomic E-state index is 12.4. The van der Waals surface area contributed by atoms with Crippen molar-refractivity contribution < 1.29 is 8.42 Å². The summed E-state index contributed by atoms with van der Waals surface area (Å²) in [6.07, 6.45) is 0. The second-order valence-corrected chi connectivity index (χ2v) is 7.31. The third kappa shape index (κ3) is 2.30. The number of hydrogen-bond acceptors (Lipinski definition) is 5. The molecule has 0 aliphatic heterocycles. The van der Waals surface area contributed by atoms with E-state index in [1.807, 2.05) is 13.0 Å². The molecule has 2 N–H and O–H groups in total. The number of rotatable bonds is 3. The predicted molar refractivity (Wildman–Crippen MR) is 77.4 cm³/mol. The first kappa shape index (κ1) is 14.6. The van der Waals surface area contributed by atoms with Crippen LogP contribution in [0.4, 0.5) is 5.00 Å². The fraction of sp³-hybridized carbons (Fsp3) is 0.333. The van der Waals surface area contributed by atoms with Crippen LogP contribution in [-0.4, -0.2) is 18.6 Å². The van der Waals surface area contributed by atoms with Gasteiger partial charge in [-0.3, -0.25) is 9.82 Å². The van der Waals surface area contributed by atoms with Gasteiger partial charge in [0.25, 0.3) is 10.0 Å². The number of nitrogens with zero attached hydrogens (tertiary/aromatic N) is 2. The van der Waals surface area contributed by atoms with Crippen LogP contribution >= 0.6 is 11.3 Å². The summed E-state index contributed by atoms with van der Waals surface area (Å²) < 4.78 is 27.3. The summed E-state index contributed by atoms with van der Waals surface area (Å²) >= 11 is 1.26. The van der Waals surface area contributed by atoms with Gasteiger partial charge in [0.05, 0.1) is 17.0 Å². The molecule has 2 rings (SSSR count). The minimum atomic E-state index is -3.75. The van der Waals surface area contributed by atoms with Crippen molar-refractivity contribution in [3.05, 3.63) is 27.4 Å². The lowest BCUT2D eigenvalue weighted by molar-refractivity contribution is 0.600. The Morgan fingerprint density at radius 3 is 2.45 bits per heavy atom. The van der Waals surface area contributed by atoms with E-state index in [0.717, 1.165) is 10.4 Å². The zero-order valence-corrected chi connectivity index (χ0v) is 13.2. The fourth-order valence-electron chi connectivity index (χ4n) is 1.94. The van der Waals surface area contributed by atoms with Crippen LogP contribution in [0.1, 0.15) is 27.4 Å². The van der Waals surface area contributed by atoms with Crippen molar-refractivity contribution in [1.82, 2.24) is 10.2 Å². The van der Waals surface area contributed by atoms with Crippen LogP contribution < -0.4 is 4.72 Å². The molecule has 0 aliphatic carbocycles. The first-order valence-corrected chi connectivity index (χ1v) is 8.12. The number of sulfonamides is 1. The Bertz CT molecular complexity index is 790. The third-order valence-corrected chi connectivity index (χ3v) is 5.92. The van der Waals surface area contributed by atoms with Gasteiger partial charge in [-0.25, -0.2) is 8.42 Å². The van der Waals surface area contributed by atoms with Crippen molar-refractivity contribution in [1.29, 1.82) is 5.26 Å². The minimum absolute atomic E-state index is 0.130. The van der Waals surface area contributed by atoms with E-state index in [2.05, 4.69) is 14.9 Å². The van der Waals surface area contributed by atoms with Gasteiger partial charge in [0.15, 0.2) is 0 Å². The van der Waals surface area contributed by atoms with Crippen molar-refractivity contribution in [2.75, 3.05) is 4.72 Å². The number of anilines is 1. The van der Waals surface area contributed by atoms with Gasteiger partial charge in [0.1, 0.15) is 16.0 Å². The molecule has 2 aromatic heterocycles. The molecule has 0 amide bonds. The van der Waals surface area contributed by atoms with Gasteiger partial charge in [0.2, 0.25) is 0 Å². The molecule has 0 fully saturated rings. The van der Waals surface area contributed by atoms with E-state index in [9.17, 15) is 8.42 Å². The number of hydrogen-bond donors (Lipinski definition) is 2. The normalized spacial score (nSPS) is 11.3. The van der Waals surface area contributed by atoms with Crippen molar-refractivity contribution in [2.24, 2.45) is 0 Å². The molecule has 0 spiro atoms. The molecule has 0 saturated carbocycles. The van der Waals surface area contributed by atoms with Crippen molar-refractivity contribution >= 4 is 26.4 Å². The molecule has 0 aliphatic rings. The average molecular weight is 310 g/mol. The summed E-state index contributed by atoms with van der Waals surface area (Å²) in [5, 5.41) is 16.0. The third-order valence-electron chi connectivity index (χ3n) is 3.05. The van der Waals surface area contributed by atoms with Crippen LogP contribution in [0.2, 0.25) is 0 Å². The lowest BCUT2D eigenvalue weighted by atomic mass is 10.2. The van der Waals surface area contributed by atoms with Gasteiger partial charge in [-0.1, -0.05) is 0 Å². The first-order chi connectivity index (χ1) is 9.27. The van der Waals surface area contributed by atoms with E-state index in [-0.39, 0.29) is 4.90 Å². The van der Waals surface area contributed by atoms with Crippen LogP contribution in [0.5, 0.6) is 0 Å². The number of aryl methyl sites for hydroxylation is 3. The number of nitrogens with one attached hydrogen (secondary N) is 2. The maximum Gasteiger partial charge on any atom is 0.266 e. The minimum Gasteiger partial charge on any atom is -0.281 e. The number of aromatic nitrogens is 2. The Kier molecular flexibility index (Phi) is 3.58. The molecule has 0 radical (unpaired) electrons. The smallest absolute Gasteiger partial charge is 0.266 e. The van der Waals surface area contributed by atoms with Crippen LogP contribution in [0, 0.1) is 39.0 Å². The van der Waals surface area contributed by atoms with Crippen LogP contribution in [-0.2, 0) is 10.0 Å². The Labute approximate surface area is 121 Å². The van der Waals surface area contributed by atoms with Gasteiger partial charge in [-0.15, -0.1) is 11.3 Å². The summed E-state index contributed by atoms with van der Waals surface area (Å²) in [7, 11) is -3.75. The van der Waals surface area contributed by atoms with Gasteiger partial charge in [-0.2, -0.15) is 10.4 Å². The molecular weight excluding hydrogens is 296 g/mol. The highest BCUT2D eigenvalue weighted by atomic mass is 32.2. The summed E-state index contributed by atoms with van der Waals surface area (Å²) in [6, 6.07) is 2.04. The molecule has 0 bridgehead atoms. The highest BCUT2D eigenvalue weighted by molar-refractivity contribution is 7.93. The molecule has 2 heterocycles. The van der Waals surface area contributed by atoms with E-state index in [1.54, 1.807) is 20.8 Å². The Morgan fingerprint density at radius 2 is 1.95 bits per heavy atom. The Hall–Kier alpha value is -1.85. The number of H-pyrrole nitrogens is 1. The maximum absolute atomic E-state index is 12.4. The van der Waals surface area contributed by atoms with Gasteiger partial charge in [-0.05, 0) is 33.3 Å². The fourth-order valence-corrected chi connectivity index (χ4v) is 4.63. The monoisotopic (exact) mass is 310 g/mol. The van der Waals surface area contributed by atoms with Gasteiger partial charge >= 0.3 is 0 Å².